The number of anilines is 2. The van der Waals surface area contributed by atoms with Gasteiger partial charge in [-0.15, -0.1) is 0 Å². The van der Waals surface area contributed by atoms with Gasteiger partial charge in [-0.2, -0.15) is 0 Å². The molecule has 1 saturated heterocycles. The number of methoxy groups -OCH3 is 1. The Morgan fingerprint density at radius 2 is 1.69 bits per heavy atom. The Kier molecular flexibility index (Phi) is 6.71. The molecular formula is C26H31N5O. The summed E-state index contributed by atoms with van der Waals surface area (Å²) < 4.78 is 5.22. The number of nitrogens with one attached hydrogen (secondary N) is 2. The third-order valence-electron chi connectivity index (χ3n) is 5.98. The highest BCUT2D eigenvalue weighted by Gasteiger charge is 2.15. The highest BCUT2D eigenvalue weighted by atomic mass is 16.5. The largest absolute Gasteiger partial charge is 0.497 e. The smallest absolute Gasteiger partial charge is 0.135 e. The van der Waals surface area contributed by atoms with Crippen molar-refractivity contribution < 1.29 is 4.74 Å². The van der Waals surface area contributed by atoms with Gasteiger partial charge < -0.3 is 25.3 Å². The van der Waals surface area contributed by atoms with E-state index in [1.165, 1.54) is 5.69 Å². The van der Waals surface area contributed by atoms with Crippen LogP contribution in [0.2, 0.25) is 0 Å². The van der Waals surface area contributed by atoms with Gasteiger partial charge in [-0.3, -0.25) is 0 Å². The van der Waals surface area contributed by atoms with Gasteiger partial charge in [-0.1, -0.05) is 24.3 Å². The van der Waals surface area contributed by atoms with E-state index in [0.29, 0.717) is 12.3 Å². The van der Waals surface area contributed by atoms with Crippen LogP contribution >= 0.6 is 0 Å². The number of hydrogen-bond donors (Lipinski definition) is 2. The molecule has 0 amide bonds. The van der Waals surface area contributed by atoms with E-state index in [1.807, 2.05) is 30.5 Å². The molecule has 0 spiro atoms. The predicted molar refractivity (Wildman–Crippen MR) is 132 cm³/mol. The molecule has 0 saturated carbocycles. The lowest BCUT2D eigenvalue weighted by Gasteiger charge is -2.34. The predicted octanol–water partition coefficient (Wildman–Crippen LogP) is 4.51. The van der Waals surface area contributed by atoms with Gasteiger partial charge in [0.25, 0.3) is 0 Å². The SMILES string of the molecule is COc1ccc(CNc2ncc(-c3ccc(N4CCN(C)CC4)cc3)cc2C(C)=N)cc1. The molecule has 1 aliphatic heterocycles. The van der Waals surface area contributed by atoms with Crippen LogP contribution in [0.25, 0.3) is 11.1 Å². The monoisotopic (exact) mass is 429 g/mol. The van der Waals surface area contributed by atoms with Crippen molar-refractivity contribution in [2.24, 2.45) is 0 Å². The van der Waals surface area contributed by atoms with Crippen molar-refractivity contribution in [2.45, 2.75) is 13.5 Å². The van der Waals surface area contributed by atoms with Gasteiger partial charge in [0.2, 0.25) is 0 Å². The van der Waals surface area contributed by atoms with Gasteiger partial charge in [-0.05, 0) is 55.4 Å². The van der Waals surface area contributed by atoms with Gasteiger partial charge in [0.1, 0.15) is 11.6 Å². The molecule has 1 aliphatic rings. The molecule has 32 heavy (non-hydrogen) atoms. The number of pyridine rings is 1. The Hall–Kier alpha value is -3.38. The number of aromatic nitrogens is 1. The molecule has 3 aromatic rings. The van der Waals surface area contributed by atoms with E-state index in [4.69, 9.17) is 10.1 Å². The topological polar surface area (TPSA) is 64.5 Å². The summed E-state index contributed by atoms with van der Waals surface area (Å²) in [7, 11) is 3.84. The zero-order valence-electron chi connectivity index (χ0n) is 19.1. The molecule has 2 aromatic carbocycles. The number of likely N-dealkylation sites (N-methyl/N-ethyl adjacent to an activating group) is 1. The quantitative estimate of drug-likeness (QED) is 0.541. The molecule has 0 aliphatic carbocycles. The minimum Gasteiger partial charge on any atom is -0.497 e. The Morgan fingerprint density at radius 3 is 2.31 bits per heavy atom. The fourth-order valence-corrected chi connectivity index (χ4v) is 3.91. The number of benzene rings is 2. The van der Waals surface area contributed by atoms with Crippen LogP contribution < -0.4 is 15.0 Å². The minimum absolute atomic E-state index is 0.491. The first kappa shape index (κ1) is 21.8. The third-order valence-corrected chi connectivity index (χ3v) is 5.98. The van der Waals surface area contributed by atoms with Crippen molar-refractivity contribution >= 4 is 17.2 Å². The Bertz CT molecular complexity index is 1050. The summed E-state index contributed by atoms with van der Waals surface area (Å²) in [4.78, 5) is 9.45. The van der Waals surface area contributed by atoms with Crippen molar-refractivity contribution in [3.05, 3.63) is 71.9 Å². The first-order chi connectivity index (χ1) is 15.5. The number of ether oxygens (including phenoxy) is 1. The summed E-state index contributed by atoms with van der Waals surface area (Å²) in [5.74, 6) is 1.57. The average Bonchev–Trinajstić information content (AvgIpc) is 2.83. The molecule has 2 N–H and O–H groups in total. The second-order valence-corrected chi connectivity index (χ2v) is 8.28. The van der Waals surface area contributed by atoms with Crippen molar-refractivity contribution in [1.82, 2.24) is 9.88 Å². The zero-order chi connectivity index (χ0) is 22.5. The van der Waals surface area contributed by atoms with Crippen LogP contribution in [-0.4, -0.2) is 55.9 Å². The van der Waals surface area contributed by atoms with E-state index in [-0.39, 0.29) is 0 Å². The summed E-state index contributed by atoms with van der Waals surface area (Å²) in [6.07, 6.45) is 1.88. The van der Waals surface area contributed by atoms with Gasteiger partial charge in [0.05, 0.1) is 7.11 Å². The standard InChI is InChI=1S/C26H31N5O/c1-19(27)25-16-22(18-29-26(25)28-17-20-4-10-24(32-3)11-5-20)21-6-8-23(9-7-21)31-14-12-30(2)13-15-31/h4-11,16,18,27H,12-15,17H2,1-3H3,(H,28,29). The molecule has 6 heteroatoms. The normalized spacial score (nSPS) is 14.3. The summed E-state index contributed by atoms with van der Waals surface area (Å²) in [5.41, 5.74) is 5.83. The van der Waals surface area contributed by atoms with Gasteiger partial charge in [-0.25, -0.2) is 4.98 Å². The third kappa shape index (κ3) is 5.08. The zero-order valence-corrected chi connectivity index (χ0v) is 19.1. The van der Waals surface area contributed by atoms with Crippen LogP contribution in [0.5, 0.6) is 5.75 Å². The lowest BCUT2D eigenvalue weighted by atomic mass is 10.0. The Morgan fingerprint density at radius 1 is 1.00 bits per heavy atom. The maximum absolute atomic E-state index is 8.25. The van der Waals surface area contributed by atoms with Crippen LogP contribution in [0.4, 0.5) is 11.5 Å². The number of piperazine rings is 1. The molecule has 0 unspecified atom stereocenters. The van der Waals surface area contributed by atoms with Crippen molar-refractivity contribution in [2.75, 3.05) is 50.6 Å². The molecule has 0 atom stereocenters. The lowest BCUT2D eigenvalue weighted by molar-refractivity contribution is 0.313. The van der Waals surface area contributed by atoms with Crippen LogP contribution in [-0.2, 0) is 6.54 Å². The maximum atomic E-state index is 8.25. The molecule has 1 aromatic heterocycles. The highest BCUT2D eigenvalue weighted by Crippen LogP contribution is 2.27. The minimum atomic E-state index is 0.491. The molecule has 166 valence electrons. The van der Waals surface area contributed by atoms with Gasteiger partial charge in [0.15, 0.2) is 0 Å². The highest BCUT2D eigenvalue weighted by molar-refractivity contribution is 6.01. The van der Waals surface area contributed by atoms with Gasteiger partial charge >= 0.3 is 0 Å². The Balaban J connectivity index is 1.49. The lowest BCUT2D eigenvalue weighted by Crippen LogP contribution is -2.44. The van der Waals surface area contributed by atoms with Crippen LogP contribution in [0.3, 0.4) is 0 Å². The molecule has 1 fully saturated rings. The van der Waals surface area contributed by atoms with Crippen LogP contribution in [0.1, 0.15) is 18.1 Å². The number of hydrogen-bond acceptors (Lipinski definition) is 6. The maximum Gasteiger partial charge on any atom is 0.135 e. The van der Waals surface area contributed by atoms with Crippen molar-refractivity contribution in [1.29, 1.82) is 5.41 Å². The molecule has 2 heterocycles. The van der Waals surface area contributed by atoms with E-state index in [0.717, 1.165) is 60.0 Å². The van der Waals surface area contributed by atoms with Crippen LogP contribution in [0.15, 0.2) is 60.8 Å². The molecule has 0 radical (unpaired) electrons. The van der Waals surface area contributed by atoms with Crippen LogP contribution in [0, 0.1) is 5.41 Å². The summed E-state index contributed by atoms with van der Waals surface area (Å²) in [5, 5.41) is 11.6. The van der Waals surface area contributed by atoms with E-state index in [1.54, 1.807) is 14.0 Å². The second kappa shape index (κ2) is 9.83. The summed E-state index contributed by atoms with van der Waals surface area (Å²) in [6.45, 7) is 6.75. The van der Waals surface area contributed by atoms with Gasteiger partial charge in [0, 0.05) is 61.4 Å². The van der Waals surface area contributed by atoms with E-state index >= 15 is 0 Å². The van der Waals surface area contributed by atoms with Crippen molar-refractivity contribution in [3.8, 4) is 16.9 Å². The summed E-state index contributed by atoms with van der Waals surface area (Å²) in [6, 6.07) is 18.7. The second-order valence-electron chi connectivity index (χ2n) is 8.28. The fourth-order valence-electron chi connectivity index (χ4n) is 3.91. The molecular weight excluding hydrogens is 398 g/mol. The average molecular weight is 430 g/mol. The molecule has 6 nitrogen and oxygen atoms in total. The number of rotatable bonds is 7. The van der Waals surface area contributed by atoms with E-state index in [2.05, 4.69) is 57.5 Å². The molecule has 4 rings (SSSR count). The first-order valence-corrected chi connectivity index (χ1v) is 11.0. The summed E-state index contributed by atoms with van der Waals surface area (Å²) >= 11 is 0. The molecule has 0 bridgehead atoms. The van der Waals surface area contributed by atoms with E-state index in [9.17, 15) is 0 Å². The fraction of sp³-hybridized carbons (Fsp3) is 0.308. The Labute approximate surface area is 190 Å². The number of nitrogens with zero attached hydrogens (tertiary/aromatic N) is 3. The van der Waals surface area contributed by atoms with Crippen molar-refractivity contribution in [3.63, 3.8) is 0 Å². The first-order valence-electron chi connectivity index (χ1n) is 11.0. The van der Waals surface area contributed by atoms with E-state index < -0.39 is 0 Å².